The minimum atomic E-state index is -1.03. The van der Waals surface area contributed by atoms with E-state index in [4.69, 9.17) is 5.11 Å². The van der Waals surface area contributed by atoms with Gasteiger partial charge in [-0.3, -0.25) is 4.98 Å². The maximum atomic E-state index is 10.8. The van der Waals surface area contributed by atoms with Gasteiger partial charge in [0.15, 0.2) is 0 Å². The molecule has 0 unspecified atom stereocenters. The van der Waals surface area contributed by atoms with Gasteiger partial charge in [-0.05, 0) is 31.2 Å². The Morgan fingerprint density at radius 3 is 2.31 bits per heavy atom. The number of carboxylic acid groups (broad SMARTS) is 1. The van der Waals surface area contributed by atoms with Crippen LogP contribution in [0, 0.1) is 6.92 Å². The lowest BCUT2D eigenvalue weighted by Gasteiger charge is -2.01. The third-order valence-electron chi connectivity index (χ3n) is 2.12. The SMILES string of the molecule is Cc1cccc(-c2cccc(C(=O)O)n2)n1. The highest BCUT2D eigenvalue weighted by atomic mass is 16.4. The number of carboxylic acids is 1. The highest BCUT2D eigenvalue weighted by Crippen LogP contribution is 2.14. The van der Waals surface area contributed by atoms with Gasteiger partial charge in [-0.25, -0.2) is 9.78 Å². The van der Waals surface area contributed by atoms with E-state index in [-0.39, 0.29) is 5.69 Å². The quantitative estimate of drug-likeness (QED) is 0.831. The first-order valence-corrected chi connectivity index (χ1v) is 4.81. The molecule has 1 N–H and O–H groups in total. The Balaban J connectivity index is 2.48. The molecule has 4 heteroatoms. The van der Waals surface area contributed by atoms with Crippen LogP contribution in [0.2, 0.25) is 0 Å². The molecule has 2 aromatic rings. The van der Waals surface area contributed by atoms with E-state index >= 15 is 0 Å². The van der Waals surface area contributed by atoms with Crippen molar-refractivity contribution in [1.82, 2.24) is 9.97 Å². The molecule has 0 radical (unpaired) electrons. The number of hydrogen-bond acceptors (Lipinski definition) is 3. The lowest BCUT2D eigenvalue weighted by atomic mass is 10.2. The highest BCUT2D eigenvalue weighted by molar-refractivity contribution is 5.85. The van der Waals surface area contributed by atoms with Crippen molar-refractivity contribution in [2.45, 2.75) is 6.92 Å². The normalized spacial score (nSPS) is 10.1. The Morgan fingerprint density at radius 1 is 1.06 bits per heavy atom. The Hall–Kier alpha value is -2.23. The van der Waals surface area contributed by atoms with Crippen LogP contribution in [0.5, 0.6) is 0 Å². The van der Waals surface area contributed by atoms with Gasteiger partial charge in [0.25, 0.3) is 0 Å². The fraction of sp³-hybridized carbons (Fsp3) is 0.0833. The van der Waals surface area contributed by atoms with Gasteiger partial charge in [0.1, 0.15) is 5.69 Å². The molecule has 0 fully saturated rings. The zero-order valence-electron chi connectivity index (χ0n) is 8.71. The van der Waals surface area contributed by atoms with Crippen LogP contribution in [-0.4, -0.2) is 21.0 Å². The van der Waals surface area contributed by atoms with Crippen LogP contribution in [0.3, 0.4) is 0 Å². The van der Waals surface area contributed by atoms with Gasteiger partial charge in [-0.1, -0.05) is 12.1 Å². The van der Waals surface area contributed by atoms with Gasteiger partial charge in [-0.2, -0.15) is 0 Å². The van der Waals surface area contributed by atoms with Crippen molar-refractivity contribution in [3.8, 4) is 11.4 Å². The Kier molecular flexibility index (Phi) is 2.64. The molecule has 16 heavy (non-hydrogen) atoms. The van der Waals surface area contributed by atoms with E-state index in [0.29, 0.717) is 11.4 Å². The van der Waals surface area contributed by atoms with Crippen LogP contribution in [0.25, 0.3) is 11.4 Å². The molecule has 80 valence electrons. The largest absolute Gasteiger partial charge is 0.477 e. The molecule has 0 bridgehead atoms. The summed E-state index contributed by atoms with van der Waals surface area (Å²) in [4.78, 5) is 19.1. The van der Waals surface area contributed by atoms with Crippen LogP contribution >= 0.6 is 0 Å². The van der Waals surface area contributed by atoms with Crippen LogP contribution < -0.4 is 0 Å². The van der Waals surface area contributed by atoms with Crippen molar-refractivity contribution in [3.63, 3.8) is 0 Å². The average Bonchev–Trinajstić information content (AvgIpc) is 2.29. The van der Waals surface area contributed by atoms with E-state index in [1.165, 1.54) is 6.07 Å². The van der Waals surface area contributed by atoms with E-state index < -0.39 is 5.97 Å². The first kappa shape index (κ1) is 10.3. The summed E-state index contributed by atoms with van der Waals surface area (Å²) in [5.41, 5.74) is 2.16. The van der Waals surface area contributed by atoms with Gasteiger partial charge < -0.3 is 5.11 Å². The number of carbonyl (C=O) groups is 1. The zero-order chi connectivity index (χ0) is 11.5. The van der Waals surface area contributed by atoms with E-state index in [0.717, 1.165) is 5.69 Å². The van der Waals surface area contributed by atoms with Crippen molar-refractivity contribution in [1.29, 1.82) is 0 Å². The maximum Gasteiger partial charge on any atom is 0.354 e. The number of aromatic nitrogens is 2. The molecular weight excluding hydrogens is 204 g/mol. The number of nitrogens with zero attached hydrogens (tertiary/aromatic N) is 2. The summed E-state index contributed by atoms with van der Waals surface area (Å²) in [7, 11) is 0. The summed E-state index contributed by atoms with van der Waals surface area (Å²) in [5, 5.41) is 8.83. The predicted molar refractivity (Wildman–Crippen MR) is 59.2 cm³/mol. The molecule has 0 aromatic carbocycles. The first-order valence-electron chi connectivity index (χ1n) is 4.81. The smallest absolute Gasteiger partial charge is 0.354 e. The molecule has 0 aliphatic heterocycles. The second kappa shape index (κ2) is 4.10. The molecule has 0 saturated carbocycles. The van der Waals surface area contributed by atoms with Crippen LogP contribution in [-0.2, 0) is 0 Å². The average molecular weight is 214 g/mol. The number of aromatic carboxylic acids is 1. The predicted octanol–water partition coefficient (Wildman–Crippen LogP) is 2.15. The van der Waals surface area contributed by atoms with Crippen LogP contribution in [0.1, 0.15) is 16.2 Å². The van der Waals surface area contributed by atoms with E-state index in [1.54, 1.807) is 18.2 Å². The topological polar surface area (TPSA) is 63.1 Å². The molecule has 0 aliphatic rings. The van der Waals surface area contributed by atoms with Crippen molar-refractivity contribution < 1.29 is 9.90 Å². The molecule has 4 nitrogen and oxygen atoms in total. The third-order valence-corrected chi connectivity index (χ3v) is 2.12. The van der Waals surface area contributed by atoms with Crippen molar-refractivity contribution in [2.24, 2.45) is 0 Å². The molecule has 0 saturated heterocycles. The third kappa shape index (κ3) is 2.06. The number of pyridine rings is 2. The van der Waals surface area contributed by atoms with Crippen molar-refractivity contribution in [3.05, 3.63) is 47.8 Å². The van der Waals surface area contributed by atoms with E-state index in [1.807, 2.05) is 19.1 Å². The van der Waals surface area contributed by atoms with Crippen LogP contribution in [0.15, 0.2) is 36.4 Å². The standard InChI is InChI=1S/C12H10N2O2/c1-8-4-2-5-9(13-8)10-6-3-7-11(14-10)12(15)16/h2-7H,1H3,(H,15,16). The van der Waals surface area contributed by atoms with Crippen molar-refractivity contribution in [2.75, 3.05) is 0 Å². The monoisotopic (exact) mass is 214 g/mol. The minimum absolute atomic E-state index is 0.0285. The lowest BCUT2D eigenvalue weighted by Crippen LogP contribution is -2.01. The summed E-state index contributed by atoms with van der Waals surface area (Å²) in [5.74, 6) is -1.03. The summed E-state index contributed by atoms with van der Waals surface area (Å²) < 4.78 is 0. The van der Waals surface area contributed by atoms with Gasteiger partial charge in [0.2, 0.25) is 0 Å². The minimum Gasteiger partial charge on any atom is -0.477 e. The van der Waals surface area contributed by atoms with Crippen molar-refractivity contribution >= 4 is 5.97 Å². The summed E-state index contributed by atoms with van der Waals surface area (Å²) in [6.07, 6.45) is 0. The number of rotatable bonds is 2. The Labute approximate surface area is 92.6 Å². The summed E-state index contributed by atoms with van der Waals surface area (Å²) in [6, 6.07) is 10.4. The number of hydrogen-bond donors (Lipinski definition) is 1. The maximum absolute atomic E-state index is 10.8. The molecular formula is C12H10N2O2. The van der Waals surface area contributed by atoms with Gasteiger partial charge in [0, 0.05) is 5.69 Å². The molecule has 2 aromatic heterocycles. The molecule has 2 heterocycles. The first-order chi connectivity index (χ1) is 7.66. The molecule has 0 aliphatic carbocycles. The fourth-order valence-corrected chi connectivity index (χ4v) is 1.38. The lowest BCUT2D eigenvalue weighted by molar-refractivity contribution is 0.0690. The summed E-state index contributed by atoms with van der Waals surface area (Å²) >= 11 is 0. The Morgan fingerprint density at radius 2 is 1.69 bits per heavy atom. The van der Waals surface area contributed by atoms with E-state index in [9.17, 15) is 4.79 Å². The summed E-state index contributed by atoms with van der Waals surface area (Å²) in [6.45, 7) is 1.88. The molecule has 0 atom stereocenters. The number of aryl methyl sites for hydroxylation is 1. The van der Waals surface area contributed by atoms with E-state index in [2.05, 4.69) is 9.97 Å². The fourth-order valence-electron chi connectivity index (χ4n) is 1.38. The van der Waals surface area contributed by atoms with Gasteiger partial charge in [-0.15, -0.1) is 0 Å². The van der Waals surface area contributed by atoms with Gasteiger partial charge in [0.05, 0.1) is 11.4 Å². The highest BCUT2D eigenvalue weighted by Gasteiger charge is 2.07. The molecule has 0 spiro atoms. The Bertz CT molecular complexity index is 538. The van der Waals surface area contributed by atoms with Gasteiger partial charge >= 0.3 is 5.97 Å². The second-order valence-electron chi connectivity index (χ2n) is 3.38. The zero-order valence-corrected chi connectivity index (χ0v) is 8.71. The molecule has 0 amide bonds. The second-order valence-corrected chi connectivity index (χ2v) is 3.38. The van der Waals surface area contributed by atoms with Crippen LogP contribution in [0.4, 0.5) is 0 Å². The molecule has 2 rings (SSSR count).